The molecule has 0 aliphatic carbocycles. The van der Waals surface area contributed by atoms with Crippen molar-refractivity contribution in [2.24, 2.45) is 0 Å². The van der Waals surface area contributed by atoms with Crippen LogP contribution in [0.5, 0.6) is 5.75 Å². The SMILES string of the molecule is CCOC(=O)c1ccc(NC(=O)C(CC)Oc2ccccc2Cl)cc1Cl. The number of ether oxygens (including phenoxy) is 2. The Morgan fingerprint density at radius 1 is 1.08 bits per heavy atom. The molecule has 2 aromatic rings. The van der Waals surface area contributed by atoms with Gasteiger partial charge in [-0.05, 0) is 43.7 Å². The second-order valence-corrected chi connectivity index (χ2v) is 6.16. The summed E-state index contributed by atoms with van der Waals surface area (Å²) in [6.07, 6.45) is -0.274. The Kier molecular flexibility index (Phi) is 7.30. The summed E-state index contributed by atoms with van der Waals surface area (Å²) in [5, 5.41) is 3.35. The van der Waals surface area contributed by atoms with Gasteiger partial charge in [0.05, 0.1) is 22.2 Å². The number of carbonyl (C=O) groups is 2. The number of hydrogen-bond donors (Lipinski definition) is 1. The van der Waals surface area contributed by atoms with Crippen molar-refractivity contribution in [1.82, 2.24) is 0 Å². The lowest BCUT2D eigenvalue weighted by Gasteiger charge is -2.18. The maximum absolute atomic E-state index is 12.5. The molecule has 5 nitrogen and oxygen atoms in total. The molecule has 0 heterocycles. The summed E-state index contributed by atoms with van der Waals surface area (Å²) in [4.78, 5) is 24.2. The monoisotopic (exact) mass is 395 g/mol. The number of amides is 1. The number of benzene rings is 2. The molecule has 0 aliphatic heterocycles. The molecule has 1 N–H and O–H groups in total. The first-order chi connectivity index (χ1) is 12.5. The first-order valence-corrected chi connectivity index (χ1v) is 8.90. The second kappa shape index (κ2) is 9.46. The highest BCUT2D eigenvalue weighted by molar-refractivity contribution is 6.34. The van der Waals surface area contributed by atoms with Crippen molar-refractivity contribution in [2.75, 3.05) is 11.9 Å². The van der Waals surface area contributed by atoms with Crippen molar-refractivity contribution in [3.63, 3.8) is 0 Å². The number of halogens is 2. The van der Waals surface area contributed by atoms with Gasteiger partial charge in [-0.25, -0.2) is 4.79 Å². The van der Waals surface area contributed by atoms with Gasteiger partial charge in [-0.3, -0.25) is 4.79 Å². The number of rotatable bonds is 7. The number of anilines is 1. The van der Waals surface area contributed by atoms with Crippen molar-refractivity contribution in [3.8, 4) is 5.75 Å². The van der Waals surface area contributed by atoms with Crippen LogP contribution in [0.25, 0.3) is 0 Å². The fourth-order valence-corrected chi connectivity index (χ4v) is 2.64. The van der Waals surface area contributed by atoms with E-state index in [-0.39, 0.29) is 23.1 Å². The lowest BCUT2D eigenvalue weighted by Crippen LogP contribution is -2.32. The summed E-state index contributed by atoms with van der Waals surface area (Å²) in [5.74, 6) is -0.414. The first kappa shape index (κ1) is 20.1. The Bertz CT molecular complexity index is 795. The highest BCUT2D eigenvalue weighted by atomic mass is 35.5. The average Bonchev–Trinajstić information content (AvgIpc) is 2.61. The van der Waals surface area contributed by atoms with Crippen LogP contribution in [0.3, 0.4) is 0 Å². The summed E-state index contributed by atoms with van der Waals surface area (Å²) < 4.78 is 10.6. The van der Waals surface area contributed by atoms with Crippen LogP contribution in [0.1, 0.15) is 30.6 Å². The molecule has 0 saturated heterocycles. The predicted octanol–water partition coefficient (Wildman–Crippen LogP) is 4.97. The predicted molar refractivity (Wildman–Crippen MR) is 102 cm³/mol. The minimum atomic E-state index is -0.724. The Morgan fingerprint density at radius 3 is 2.42 bits per heavy atom. The molecule has 26 heavy (non-hydrogen) atoms. The number of para-hydroxylation sites is 1. The van der Waals surface area contributed by atoms with E-state index in [4.69, 9.17) is 32.7 Å². The number of nitrogens with one attached hydrogen (secondary N) is 1. The fraction of sp³-hybridized carbons (Fsp3) is 0.263. The maximum Gasteiger partial charge on any atom is 0.339 e. The molecule has 0 bridgehead atoms. The number of esters is 1. The molecular weight excluding hydrogens is 377 g/mol. The van der Waals surface area contributed by atoms with Crippen molar-refractivity contribution < 1.29 is 19.1 Å². The van der Waals surface area contributed by atoms with Gasteiger partial charge in [0.1, 0.15) is 5.75 Å². The Labute approximate surface area is 162 Å². The van der Waals surface area contributed by atoms with Crippen LogP contribution in [0.15, 0.2) is 42.5 Å². The second-order valence-electron chi connectivity index (χ2n) is 5.35. The van der Waals surface area contributed by atoms with E-state index >= 15 is 0 Å². The van der Waals surface area contributed by atoms with E-state index in [1.54, 1.807) is 37.3 Å². The highest BCUT2D eigenvalue weighted by Crippen LogP contribution is 2.26. The molecule has 1 amide bonds. The summed E-state index contributed by atoms with van der Waals surface area (Å²) in [6, 6.07) is 11.5. The van der Waals surface area contributed by atoms with Crippen molar-refractivity contribution >= 4 is 40.8 Å². The summed E-state index contributed by atoms with van der Waals surface area (Å²) in [5.41, 5.74) is 0.695. The quantitative estimate of drug-likeness (QED) is 0.672. The van der Waals surface area contributed by atoms with Crippen molar-refractivity contribution in [3.05, 3.63) is 58.1 Å². The van der Waals surface area contributed by atoms with Gasteiger partial charge >= 0.3 is 5.97 Å². The molecule has 1 atom stereocenters. The minimum Gasteiger partial charge on any atom is -0.479 e. The van der Waals surface area contributed by atoms with Gasteiger partial charge in [0.25, 0.3) is 5.91 Å². The third kappa shape index (κ3) is 5.13. The summed E-state index contributed by atoms with van der Waals surface area (Å²) in [6.45, 7) is 3.80. The van der Waals surface area contributed by atoms with Gasteiger partial charge in [-0.15, -0.1) is 0 Å². The zero-order valence-electron chi connectivity index (χ0n) is 14.4. The van der Waals surface area contributed by atoms with Crippen molar-refractivity contribution in [1.29, 1.82) is 0 Å². The highest BCUT2D eigenvalue weighted by Gasteiger charge is 2.20. The molecule has 0 saturated carbocycles. The lowest BCUT2D eigenvalue weighted by atomic mass is 10.2. The van der Waals surface area contributed by atoms with Crippen LogP contribution in [0.2, 0.25) is 10.0 Å². The molecule has 0 fully saturated rings. The van der Waals surface area contributed by atoms with Crippen molar-refractivity contribution in [2.45, 2.75) is 26.4 Å². The van der Waals surface area contributed by atoms with Gasteiger partial charge in [0.2, 0.25) is 0 Å². The lowest BCUT2D eigenvalue weighted by molar-refractivity contribution is -0.122. The molecule has 7 heteroatoms. The third-order valence-corrected chi connectivity index (χ3v) is 4.13. The van der Waals surface area contributed by atoms with Crippen LogP contribution in [-0.4, -0.2) is 24.6 Å². The molecule has 2 aromatic carbocycles. The molecule has 0 aliphatic rings. The van der Waals surface area contributed by atoms with Crippen LogP contribution >= 0.6 is 23.2 Å². The van der Waals surface area contributed by atoms with Gasteiger partial charge in [-0.2, -0.15) is 0 Å². The molecule has 0 aromatic heterocycles. The molecule has 0 spiro atoms. The average molecular weight is 396 g/mol. The van der Waals surface area contributed by atoms with E-state index in [1.807, 2.05) is 6.92 Å². The summed E-state index contributed by atoms with van der Waals surface area (Å²) >= 11 is 12.2. The van der Waals surface area contributed by atoms with E-state index in [2.05, 4.69) is 5.32 Å². The van der Waals surface area contributed by atoms with E-state index in [1.165, 1.54) is 12.1 Å². The van der Waals surface area contributed by atoms with Gasteiger partial charge < -0.3 is 14.8 Å². The smallest absolute Gasteiger partial charge is 0.339 e. The topological polar surface area (TPSA) is 64.6 Å². The van der Waals surface area contributed by atoms with Gasteiger partial charge in [0.15, 0.2) is 6.10 Å². The van der Waals surface area contributed by atoms with E-state index in [0.717, 1.165) is 0 Å². The molecule has 1 unspecified atom stereocenters. The number of hydrogen-bond acceptors (Lipinski definition) is 4. The van der Waals surface area contributed by atoms with Crippen LogP contribution in [0.4, 0.5) is 5.69 Å². The van der Waals surface area contributed by atoms with Gasteiger partial charge in [-0.1, -0.05) is 42.3 Å². The van der Waals surface area contributed by atoms with Crippen LogP contribution in [-0.2, 0) is 9.53 Å². The minimum absolute atomic E-state index is 0.196. The van der Waals surface area contributed by atoms with Crippen LogP contribution < -0.4 is 10.1 Å². The number of carbonyl (C=O) groups excluding carboxylic acids is 2. The molecule has 0 radical (unpaired) electrons. The summed E-state index contributed by atoms with van der Waals surface area (Å²) in [7, 11) is 0. The van der Waals surface area contributed by atoms with Gasteiger partial charge in [0, 0.05) is 5.69 Å². The van der Waals surface area contributed by atoms with E-state index in [9.17, 15) is 9.59 Å². The standard InChI is InChI=1S/C19H19Cl2NO4/c1-3-16(26-17-8-6-5-7-14(17)20)18(23)22-12-9-10-13(15(21)11-12)19(24)25-4-2/h5-11,16H,3-4H2,1-2H3,(H,22,23). The fourth-order valence-electron chi connectivity index (χ4n) is 2.21. The Morgan fingerprint density at radius 2 is 1.81 bits per heavy atom. The maximum atomic E-state index is 12.5. The first-order valence-electron chi connectivity index (χ1n) is 8.15. The molecular formula is C19H19Cl2NO4. The Balaban J connectivity index is 2.09. The molecule has 2 rings (SSSR count). The molecule has 138 valence electrons. The van der Waals surface area contributed by atoms with Crippen LogP contribution in [0, 0.1) is 0 Å². The zero-order valence-corrected chi connectivity index (χ0v) is 15.9. The third-order valence-electron chi connectivity index (χ3n) is 3.50. The zero-order chi connectivity index (χ0) is 19.1. The van der Waals surface area contributed by atoms with E-state index < -0.39 is 12.1 Å². The normalized spacial score (nSPS) is 11.5. The largest absolute Gasteiger partial charge is 0.479 e. The Hall–Kier alpha value is -2.24. The van der Waals surface area contributed by atoms with E-state index in [0.29, 0.717) is 22.9 Å².